The number of rotatable bonds is 7. The lowest BCUT2D eigenvalue weighted by Gasteiger charge is -2.23. The van der Waals surface area contributed by atoms with Crippen LogP contribution in [0.1, 0.15) is 35.5 Å². The minimum Gasteiger partial charge on any atom is -0.329 e. The highest BCUT2D eigenvalue weighted by Gasteiger charge is 2.19. The van der Waals surface area contributed by atoms with Crippen molar-refractivity contribution in [2.75, 3.05) is 18.4 Å². The maximum absolute atomic E-state index is 12.8. The first-order valence-electron chi connectivity index (χ1n) is 8.12. The number of amides is 2. The summed E-state index contributed by atoms with van der Waals surface area (Å²) in [5, 5.41) is 3.32. The van der Waals surface area contributed by atoms with E-state index in [-0.39, 0.29) is 18.4 Å². The fourth-order valence-corrected chi connectivity index (χ4v) is 3.13. The summed E-state index contributed by atoms with van der Waals surface area (Å²) in [7, 11) is 0. The average molecular weight is 424 g/mol. The Morgan fingerprint density at radius 2 is 1.96 bits per heavy atom. The molecule has 0 unspecified atom stereocenters. The van der Waals surface area contributed by atoms with Gasteiger partial charge in [0.05, 0.1) is 0 Å². The molecule has 0 aliphatic rings. The summed E-state index contributed by atoms with van der Waals surface area (Å²) in [5.74, 6) is 0.0760. The first-order valence-corrected chi connectivity index (χ1v) is 9.73. The smallest absolute Gasteiger partial charge is 0.254 e. The fraction of sp³-hybridized carbons (Fsp3) is 0.389. The van der Waals surface area contributed by atoms with Crippen molar-refractivity contribution in [1.82, 2.24) is 9.88 Å². The van der Waals surface area contributed by atoms with Crippen LogP contribution in [0, 0.1) is 12.8 Å². The van der Waals surface area contributed by atoms with Gasteiger partial charge in [-0.15, -0.1) is 11.3 Å². The molecule has 0 saturated heterocycles. The van der Waals surface area contributed by atoms with Gasteiger partial charge in [0.25, 0.3) is 5.91 Å². The molecule has 2 amide bonds. The van der Waals surface area contributed by atoms with Gasteiger partial charge in [0.1, 0.15) is 6.54 Å². The SMILES string of the molecule is Cc1cnc(NC(=O)CN(CCC(C)C)C(=O)c2ccc(Br)cc2)s1. The van der Waals surface area contributed by atoms with E-state index in [9.17, 15) is 9.59 Å². The Hall–Kier alpha value is -1.73. The van der Waals surface area contributed by atoms with Crippen LogP contribution in [0.15, 0.2) is 34.9 Å². The van der Waals surface area contributed by atoms with Gasteiger partial charge in [0, 0.05) is 27.7 Å². The van der Waals surface area contributed by atoms with Gasteiger partial charge in [-0.05, 0) is 43.5 Å². The fourth-order valence-electron chi connectivity index (χ4n) is 2.19. The third-order valence-corrected chi connectivity index (χ3v) is 4.91. The highest BCUT2D eigenvalue weighted by molar-refractivity contribution is 9.10. The second kappa shape index (κ2) is 9.10. The minimum atomic E-state index is -0.233. The van der Waals surface area contributed by atoms with Gasteiger partial charge in [0.15, 0.2) is 5.13 Å². The second-order valence-corrected chi connectivity index (χ2v) is 8.39. The number of carbonyl (C=O) groups excluding carboxylic acids is 2. The molecule has 134 valence electrons. The van der Waals surface area contributed by atoms with Crippen molar-refractivity contribution in [3.05, 3.63) is 45.4 Å². The van der Waals surface area contributed by atoms with Crippen LogP contribution in [0.25, 0.3) is 0 Å². The molecule has 7 heteroatoms. The molecule has 1 N–H and O–H groups in total. The van der Waals surface area contributed by atoms with E-state index in [1.807, 2.05) is 19.1 Å². The van der Waals surface area contributed by atoms with Crippen molar-refractivity contribution in [3.8, 4) is 0 Å². The molecule has 0 aliphatic carbocycles. The maximum Gasteiger partial charge on any atom is 0.254 e. The van der Waals surface area contributed by atoms with Crippen molar-refractivity contribution < 1.29 is 9.59 Å². The molecular weight excluding hydrogens is 402 g/mol. The molecule has 2 rings (SSSR count). The van der Waals surface area contributed by atoms with Gasteiger partial charge in [-0.3, -0.25) is 9.59 Å². The molecule has 0 fully saturated rings. The summed E-state index contributed by atoms with van der Waals surface area (Å²) in [5.41, 5.74) is 0.574. The molecule has 0 bridgehead atoms. The standard InChI is InChI=1S/C18H22BrN3O2S/c1-12(2)8-9-22(17(24)14-4-6-15(19)7-5-14)11-16(23)21-18-20-10-13(3)25-18/h4-7,10,12H,8-9,11H2,1-3H3,(H,20,21,23). The topological polar surface area (TPSA) is 62.3 Å². The third kappa shape index (κ3) is 6.25. The monoisotopic (exact) mass is 423 g/mol. The van der Waals surface area contributed by atoms with Crippen LogP contribution in [0.5, 0.6) is 0 Å². The molecule has 5 nitrogen and oxygen atoms in total. The highest BCUT2D eigenvalue weighted by atomic mass is 79.9. The molecule has 25 heavy (non-hydrogen) atoms. The Bertz CT molecular complexity index is 728. The minimum absolute atomic E-state index is 0.0141. The summed E-state index contributed by atoms with van der Waals surface area (Å²) < 4.78 is 0.912. The Balaban J connectivity index is 2.07. The van der Waals surface area contributed by atoms with E-state index in [1.54, 1.807) is 23.2 Å². The Morgan fingerprint density at radius 3 is 2.52 bits per heavy atom. The number of carbonyl (C=O) groups is 2. The number of aryl methyl sites for hydroxylation is 1. The molecule has 2 aromatic rings. The van der Waals surface area contributed by atoms with Gasteiger partial charge in [-0.1, -0.05) is 29.8 Å². The predicted octanol–water partition coefficient (Wildman–Crippen LogP) is 4.34. The van der Waals surface area contributed by atoms with Crippen LogP contribution in [0.4, 0.5) is 5.13 Å². The van der Waals surface area contributed by atoms with E-state index in [2.05, 4.69) is 40.1 Å². The molecule has 0 atom stereocenters. The largest absolute Gasteiger partial charge is 0.329 e. The summed E-state index contributed by atoms with van der Waals surface area (Å²) >= 11 is 4.78. The summed E-state index contributed by atoms with van der Waals surface area (Å²) in [4.78, 5) is 31.8. The van der Waals surface area contributed by atoms with Crippen molar-refractivity contribution in [3.63, 3.8) is 0 Å². The van der Waals surface area contributed by atoms with Crippen molar-refractivity contribution in [2.45, 2.75) is 27.2 Å². The Labute approximate surface area is 160 Å². The predicted molar refractivity (Wildman–Crippen MR) is 105 cm³/mol. The van der Waals surface area contributed by atoms with E-state index in [0.717, 1.165) is 15.8 Å². The lowest BCUT2D eigenvalue weighted by molar-refractivity contribution is -0.116. The van der Waals surface area contributed by atoms with Gasteiger partial charge in [-0.2, -0.15) is 0 Å². The number of hydrogen-bond donors (Lipinski definition) is 1. The zero-order valence-corrected chi connectivity index (χ0v) is 17.0. The molecule has 1 heterocycles. The maximum atomic E-state index is 12.8. The molecule has 0 radical (unpaired) electrons. The lowest BCUT2D eigenvalue weighted by Crippen LogP contribution is -2.39. The first kappa shape index (κ1) is 19.6. The molecule has 1 aromatic heterocycles. The number of nitrogens with zero attached hydrogens (tertiary/aromatic N) is 2. The quantitative estimate of drug-likeness (QED) is 0.719. The summed E-state index contributed by atoms with van der Waals surface area (Å²) in [6.07, 6.45) is 2.55. The van der Waals surface area contributed by atoms with Gasteiger partial charge in [-0.25, -0.2) is 4.98 Å². The molecular formula is C18H22BrN3O2S. The van der Waals surface area contributed by atoms with E-state index >= 15 is 0 Å². The van der Waals surface area contributed by atoms with Crippen molar-refractivity contribution >= 4 is 44.2 Å². The third-order valence-electron chi connectivity index (χ3n) is 3.56. The normalized spacial score (nSPS) is 10.8. The van der Waals surface area contributed by atoms with Gasteiger partial charge in [0.2, 0.25) is 5.91 Å². The van der Waals surface area contributed by atoms with Crippen LogP contribution >= 0.6 is 27.3 Å². The summed E-state index contributed by atoms with van der Waals surface area (Å²) in [6, 6.07) is 7.17. The number of hydrogen-bond acceptors (Lipinski definition) is 4. The molecule has 0 spiro atoms. The summed E-state index contributed by atoms with van der Waals surface area (Å²) in [6.45, 7) is 6.68. The number of aromatic nitrogens is 1. The average Bonchev–Trinajstić information content (AvgIpc) is 2.96. The van der Waals surface area contributed by atoms with Crippen LogP contribution in [0.2, 0.25) is 0 Å². The number of thiazole rings is 1. The van der Waals surface area contributed by atoms with Gasteiger partial charge < -0.3 is 10.2 Å². The van der Waals surface area contributed by atoms with Crippen LogP contribution in [-0.4, -0.2) is 34.8 Å². The van der Waals surface area contributed by atoms with E-state index in [0.29, 0.717) is 23.2 Å². The van der Waals surface area contributed by atoms with Crippen molar-refractivity contribution in [1.29, 1.82) is 0 Å². The number of anilines is 1. The first-order chi connectivity index (χ1) is 11.8. The van der Waals surface area contributed by atoms with Crippen LogP contribution < -0.4 is 5.32 Å². The van der Waals surface area contributed by atoms with E-state index < -0.39 is 0 Å². The molecule has 0 aliphatic heterocycles. The van der Waals surface area contributed by atoms with Crippen LogP contribution in [0.3, 0.4) is 0 Å². The number of halogens is 1. The number of benzene rings is 1. The van der Waals surface area contributed by atoms with E-state index in [1.165, 1.54) is 11.3 Å². The van der Waals surface area contributed by atoms with Crippen molar-refractivity contribution in [2.24, 2.45) is 5.92 Å². The zero-order valence-electron chi connectivity index (χ0n) is 14.6. The van der Waals surface area contributed by atoms with E-state index in [4.69, 9.17) is 0 Å². The highest BCUT2D eigenvalue weighted by Crippen LogP contribution is 2.17. The molecule has 1 aromatic carbocycles. The second-order valence-electron chi connectivity index (χ2n) is 6.24. The lowest BCUT2D eigenvalue weighted by atomic mass is 10.1. The Kier molecular flexibility index (Phi) is 7.13. The zero-order chi connectivity index (χ0) is 18.4. The molecule has 0 saturated carbocycles. The Morgan fingerprint density at radius 1 is 1.28 bits per heavy atom. The number of nitrogens with one attached hydrogen (secondary N) is 1. The van der Waals surface area contributed by atoms with Gasteiger partial charge >= 0.3 is 0 Å². The van der Waals surface area contributed by atoms with Crippen LogP contribution in [-0.2, 0) is 4.79 Å².